The van der Waals surface area contributed by atoms with E-state index < -0.39 is 10.0 Å². The van der Waals surface area contributed by atoms with Gasteiger partial charge < -0.3 is 0 Å². The molecule has 0 saturated carbocycles. The van der Waals surface area contributed by atoms with E-state index in [-0.39, 0.29) is 11.4 Å². The summed E-state index contributed by atoms with van der Waals surface area (Å²) in [7, 11) is -3.50. The van der Waals surface area contributed by atoms with Gasteiger partial charge in [0, 0.05) is 11.4 Å². The Morgan fingerprint density at radius 2 is 1.61 bits per heavy atom. The lowest BCUT2D eigenvalue weighted by Gasteiger charge is -2.08. The van der Waals surface area contributed by atoms with Gasteiger partial charge in [-0.05, 0) is 52.9 Å². The van der Waals surface area contributed by atoms with Crippen molar-refractivity contribution in [2.45, 2.75) is 16.3 Å². The van der Waals surface area contributed by atoms with Crippen molar-refractivity contribution in [2.24, 2.45) is 0 Å². The molecule has 0 aliphatic heterocycles. The molecule has 0 aliphatic carbocycles. The fourth-order valence-corrected chi connectivity index (χ4v) is 3.79. The molecule has 0 aromatic heterocycles. The normalized spacial score (nSPS) is 11.7. The first-order valence-corrected chi connectivity index (χ1v) is 9.91. The van der Waals surface area contributed by atoms with E-state index in [1.807, 2.05) is 60.9 Å². The van der Waals surface area contributed by atoms with Crippen LogP contribution in [0.2, 0.25) is 0 Å². The molecule has 3 nitrogen and oxygen atoms in total. The van der Waals surface area contributed by atoms with Gasteiger partial charge in [-0.3, -0.25) is 0 Å². The lowest BCUT2D eigenvalue weighted by molar-refractivity contribution is 0.581. The number of nitrogens with one attached hydrogen (secondary N) is 1. The van der Waals surface area contributed by atoms with Gasteiger partial charge in [0.15, 0.2) is 0 Å². The molecule has 3 rings (SSSR count). The van der Waals surface area contributed by atoms with E-state index in [0.717, 1.165) is 21.2 Å². The largest absolute Gasteiger partial charge is 0.240 e. The van der Waals surface area contributed by atoms with Crippen molar-refractivity contribution in [2.75, 3.05) is 6.26 Å². The second-order valence-corrected chi connectivity index (χ2v) is 7.83. The molecule has 0 radical (unpaired) electrons. The molecule has 0 unspecified atom stereocenters. The van der Waals surface area contributed by atoms with Crippen molar-refractivity contribution in [3.8, 4) is 0 Å². The number of thioether (sulfide) groups is 1. The van der Waals surface area contributed by atoms with E-state index in [0.29, 0.717) is 0 Å². The SMILES string of the molecule is CSc1ccc(S(=O)(=O)NCc2ccc3ccccc3c2)cc1. The summed E-state index contributed by atoms with van der Waals surface area (Å²) in [5.74, 6) is 0. The molecule has 0 atom stereocenters. The lowest BCUT2D eigenvalue weighted by Crippen LogP contribution is -2.23. The van der Waals surface area contributed by atoms with Crippen LogP contribution >= 0.6 is 11.8 Å². The van der Waals surface area contributed by atoms with Gasteiger partial charge in [0.25, 0.3) is 0 Å². The van der Waals surface area contributed by atoms with Crippen molar-refractivity contribution >= 4 is 32.6 Å². The van der Waals surface area contributed by atoms with E-state index in [9.17, 15) is 8.42 Å². The minimum atomic E-state index is -3.50. The van der Waals surface area contributed by atoms with Crippen molar-refractivity contribution in [3.63, 3.8) is 0 Å². The maximum absolute atomic E-state index is 12.4. The van der Waals surface area contributed by atoms with E-state index in [4.69, 9.17) is 0 Å². The zero-order valence-corrected chi connectivity index (χ0v) is 14.3. The summed E-state index contributed by atoms with van der Waals surface area (Å²) in [5, 5.41) is 2.25. The van der Waals surface area contributed by atoms with Crippen LogP contribution in [0.3, 0.4) is 0 Å². The molecule has 0 fully saturated rings. The third kappa shape index (κ3) is 3.75. The van der Waals surface area contributed by atoms with Crippen LogP contribution in [0.5, 0.6) is 0 Å². The fourth-order valence-electron chi connectivity index (χ4n) is 2.37. The second-order valence-electron chi connectivity index (χ2n) is 5.18. The highest BCUT2D eigenvalue weighted by molar-refractivity contribution is 7.98. The minimum absolute atomic E-state index is 0.275. The van der Waals surface area contributed by atoms with Gasteiger partial charge in [-0.15, -0.1) is 11.8 Å². The van der Waals surface area contributed by atoms with Gasteiger partial charge in [0.05, 0.1) is 4.90 Å². The summed E-state index contributed by atoms with van der Waals surface area (Å²) in [4.78, 5) is 1.33. The summed E-state index contributed by atoms with van der Waals surface area (Å²) < 4.78 is 27.4. The van der Waals surface area contributed by atoms with E-state index >= 15 is 0 Å². The van der Waals surface area contributed by atoms with Crippen LogP contribution < -0.4 is 4.72 Å². The Morgan fingerprint density at radius 3 is 2.30 bits per heavy atom. The molecule has 23 heavy (non-hydrogen) atoms. The summed E-state index contributed by atoms with van der Waals surface area (Å²) >= 11 is 1.58. The smallest absolute Gasteiger partial charge is 0.207 e. The molecule has 0 spiro atoms. The first-order chi connectivity index (χ1) is 11.1. The molecule has 0 saturated heterocycles. The summed E-state index contributed by atoms with van der Waals surface area (Å²) in [6.07, 6.45) is 1.96. The number of hydrogen-bond donors (Lipinski definition) is 1. The van der Waals surface area contributed by atoms with E-state index in [1.165, 1.54) is 0 Å². The highest BCUT2D eigenvalue weighted by Gasteiger charge is 2.13. The monoisotopic (exact) mass is 343 g/mol. The first kappa shape index (κ1) is 16.1. The molecular weight excluding hydrogens is 326 g/mol. The van der Waals surface area contributed by atoms with Gasteiger partial charge >= 0.3 is 0 Å². The Labute approximate surface area is 140 Å². The van der Waals surface area contributed by atoms with Crippen molar-refractivity contribution in [1.82, 2.24) is 4.72 Å². The van der Waals surface area contributed by atoms with Crippen LogP contribution in [0.4, 0.5) is 0 Å². The van der Waals surface area contributed by atoms with Crippen molar-refractivity contribution < 1.29 is 8.42 Å². The highest BCUT2D eigenvalue weighted by atomic mass is 32.2. The predicted molar refractivity (Wildman–Crippen MR) is 96.2 cm³/mol. The number of rotatable bonds is 5. The van der Waals surface area contributed by atoms with Gasteiger partial charge in [-0.2, -0.15) is 0 Å². The quantitative estimate of drug-likeness (QED) is 0.711. The highest BCUT2D eigenvalue weighted by Crippen LogP contribution is 2.19. The number of sulfonamides is 1. The van der Waals surface area contributed by atoms with Crippen LogP contribution in [-0.2, 0) is 16.6 Å². The Bertz CT molecular complexity index is 919. The lowest BCUT2D eigenvalue weighted by atomic mass is 10.1. The molecule has 0 aliphatic rings. The van der Waals surface area contributed by atoms with E-state index in [1.54, 1.807) is 23.9 Å². The average molecular weight is 343 g/mol. The van der Waals surface area contributed by atoms with Gasteiger partial charge in [0.1, 0.15) is 0 Å². The van der Waals surface area contributed by atoms with Gasteiger partial charge in [0.2, 0.25) is 10.0 Å². The summed E-state index contributed by atoms with van der Waals surface area (Å²) in [5.41, 5.74) is 0.938. The maximum atomic E-state index is 12.4. The molecule has 118 valence electrons. The predicted octanol–water partition coefficient (Wildman–Crippen LogP) is 4.04. The molecule has 0 amide bonds. The van der Waals surface area contributed by atoms with Gasteiger partial charge in [-0.1, -0.05) is 36.4 Å². The Kier molecular flexibility index (Phi) is 4.71. The molecule has 3 aromatic carbocycles. The van der Waals surface area contributed by atoms with Crippen LogP contribution in [-0.4, -0.2) is 14.7 Å². The number of hydrogen-bond acceptors (Lipinski definition) is 3. The summed E-state index contributed by atoms with van der Waals surface area (Å²) in [6.45, 7) is 0.275. The average Bonchev–Trinajstić information content (AvgIpc) is 2.60. The number of benzene rings is 3. The standard InChI is InChI=1S/C18H17NO2S2/c1-22-17-8-10-18(11-9-17)23(20,21)19-13-14-6-7-15-4-2-3-5-16(15)12-14/h2-12,19H,13H2,1H3. The first-order valence-electron chi connectivity index (χ1n) is 7.20. The fraction of sp³-hybridized carbons (Fsp3) is 0.111. The molecule has 0 heterocycles. The molecule has 3 aromatic rings. The summed E-state index contributed by atoms with van der Waals surface area (Å²) in [6, 6.07) is 20.9. The zero-order valence-electron chi connectivity index (χ0n) is 12.7. The molecule has 0 bridgehead atoms. The third-order valence-corrected chi connectivity index (χ3v) is 5.81. The molecule has 5 heteroatoms. The third-order valence-electron chi connectivity index (χ3n) is 3.65. The maximum Gasteiger partial charge on any atom is 0.240 e. The van der Waals surface area contributed by atoms with Crippen LogP contribution in [0.25, 0.3) is 10.8 Å². The Balaban J connectivity index is 1.77. The van der Waals surface area contributed by atoms with Crippen molar-refractivity contribution in [1.29, 1.82) is 0 Å². The van der Waals surface area contributed by atoms with Crippen molar-refractivity contribution in [3.05, 3.63) is 72.3 Å². The Hall–Kier alpha value is -1.82. The molecule has 1 N–H and O–H groups in total. The second kappa shape index (κ2) is 6.74. The van der Waals surface area contributed by atoms with Crippen LogP contribution in [0.15, 0.2) is 76.5 Å². The number of fused-ring (bicyclic) bond motifs is 1. The zero-order chi connectivity index (χ0) is 16.3. The minimum Gasteiger partial charge on any atom is -0.207 e. The molecular formula is C18H17NO2S2. The van der Waals surface area contributed by atoms with Gasteiger partial charge in [-0.25, -0.2) is 13.1 Å². The van der Waals surface area contributed by atoms with Crippen LogP contribution in [0.1, 0.15) is 5.56 Å². The topological polar surface area (TPSA) is 46.2 Å². The van der Waals surface area contributed by atoms with Crippen LogP contribution in [0, 0.1) is 0 Å². The van der Waals surface area contributed by atoms with E-state index in [2.05, 4.69) is 4.72 Å². The Morgan fingerprint density at radius 1 is 0.913 bits per heavy atom.